The molecule has 66 valence electrons. The van der Waals surface area contributed by atoms with E-state index in [4.69, 9.17) is 14.6 Å². The molecule has 0 amide bonds. The van der Waals surface area contributed by atoms with E-state index >= 15 is 0 Å². The van der Waals surface area contributed by atoms with Gasteiger partial charge in [-0.05, 0) is 5.92 Å². The average Bonchev–Trinajstić information content (AvgIpc) is 2.52. The molecular formula is C8H16O3. The first-order valence-electron chi connectivity index (χ1n) is 4.21. The van der Waals surface area contributed by atoms with Crippen molar-refractivity contribution in [2.75, 3.05) is 19.8 Å². The summed E-state index contributed by atoms with van der Waals surface area (Å²) in [6.45, 7) is 3.70. The summed E-state index contributed by atoms with van der Waals surface area (Å²) in [4.78, 5) is 0. The molecule has 0 spiro atoms. The van der Waals surface area contributed by atoms with Gasteiger partial charge in [-0.1, -0.05) is 13.3 Å². The number of rotatable bonds is 4. The maximum atomic E-state index is 8.88. The third-order valence-corrected chi connectivity index (χ3v) is 2.05. The van der Waals surface area contributed by atoms with E-state index in [1.54, 1.807) is 0 Å². The van der Waals surface area contributed by atoms with Gasteiger partial charge in [0.2, 0.25) is 0 Å². The Kier molecular flexibility index (Phi) is 3.83. The van der Waals surface area contributed by atoms with Crippen LogP contribution in [0.15, 0.2) is 0 Å². The highest BCUT2D eigenvalue weighted by atomic mass is 16.7. The first kappa shape index (κ1) is 8.97. The molecule has 1 rings (SSSR count). The van der Waals surface area contributed by atoms with Gasteiger partial charge in [0.15, 0.2) is 6.29 Å². The van der Waals surface area contributed by atoms with Gasteiger partial charge in [-0.3, -0.25) is 0 Å². The van der Waals surface area contributed by atoms with Gasteiger partial charge in [-0.2, -0.15) is 0 Å². The molecule has 1 saturated heterocycles. The Morgan fingerprint density at radius 3 is 2.55 bits per heavy atom. The van der Waals surface area contributed by atoms with Crippen molar-refractivity contribution < 1.29 is 14.6 Å². The lowest BCUT2D eigenvalue weighted by Gasteiger charge is -2.15. The van der Waals surface area contributed by atoms with Gasteiger partial charge in [-0.25, -0.2) is 0 Å². The summed E-state index contributed by atoms with van der Waals surface area (Å²) in [5, 5.41) is 8.88. The van der Waals surface area contributed by atoms with Gasteiger partial charge >= 0.3 is 0 Å². The molecule has 0 aromatic heterocycles. The van der Waals surface area contributed by atoms with Crippen molar-refractivity contribution in [3.63, 3.8) is 0 Å². The van der Waals surface area contributed by atoms with Gasteiger partial charge in [0, 0.05) is 13.0 Å². The molecule has 1 atom stereocenters. The predicted octanol–water partition coefficient (Wildman–Crippen LogP) is 0.768. The van der Waals surface area contributed by atoms with E-state index in [9.17, 15) is 0 Å². The number of aliphatic hydroxyl groups excluding tert-OH is 1. The van der Waals surface area contributed by atoms with E-state index in [0.717, 1.165) is 12.8 Å². The SMILES string of the molecule is CCC(CO)CC1OCCO1. The lowest BCUT2D eigenvalue weighted by Crippen LogP contribution is -2.16. The Morgan fingerprint density at radius 2 is 2.09 bits per heavy atom. The maximum Gasteiger partial charge on any atom is 0.158 e. The Hall–Kier alpha value is -0.120. The van der Waals surface area contributed by atoms with Crippen molar-refractivity contribution in [3.8, 4) is 0 Å². The molecular weight excluding hydrogens is 144 g/mol. The molecule has 1 aliphatic rings. The zero-order valence-corrected chi connectivity index (χ0v) is 6.95. The van der Waals surface area contributed by atoms with Crippen molar-refractivity contribution in [1.82, 2.24) is 0 Å². The normalized spacial score (nSPS) is 22.4. The van der Waals surface area contributed by atoms with Crippen molar-refractivity contribution >= 4 is 0 Å². The van der Waals surface area contributed by atoms with Crippen LogP contribution in [-0.2, 0) is 9.47 Å². The van der Waals surface area contributed by atoms with Gasteiger partial charge < -0.3 is 14.6 Å². The Balaban J connectivity index is 2.16. The summed E-state index contributed by atoms with van der Waals surface area (Å²) in [5.74, 6) is 0.332. The van der Waals surface area contributed by atoms with Crippen molar-refractivity contribution in [2.24, 2.45) is 5.92 Å². The molecule has 11 heavy (non-hydrogen) atoms. The molecule has 1 fully saturated rings. The Labute approximate surface area is 67.3 Å². The fourth-order valence-electron chi connectivity index (χ4n) is 1.19. The summed E-state index contributed by atoms with van der Waals surface area (Å²) in [6.07, 6.45) is 1.75. The molecule has 1 aliphatic heterocycles. The molecule has 3 nitrogen and oxygen atoms in total. The topological polar surface area (TPSA) is 38.7 Å². The van der Waals surface area contributed by atoms with E-state index in [1.165, 1.54) is 0 Å². The first-order chi connectivity index (χ1) is 5.36. The van der Waals surface area contributed by atoms with Crippen LogP contribution < -0.4 is 0 Å². The average molecular weight is 160 g/mol. The molecule has 3 heteroatoms. The highest BCUT2D eigenvalue weighted by Crippen LogP contribution is 2.16. The highest BCUT2D eigenvalue weighted by molar-refractivity contribution is 4.60. The van der Waals surface area contributed by atoms with E-state index in [2.05, 4.69) is 6.92 Å². The minimum absolute atomic E-state index is 0.0629. The monoisotopic (exact) mass is 160 g/mol. The van der Waals surface area contributed by atoms with Crippen LogP contribution in [0, 0.1) is 5.92 Å². The second-order valence-corrected chi connectivity index (χ2v) is 2.86. The minimum Gasteiger partial charge on any atom is -0.396 e. The lowest BCUT2D eigenvalue weighted by molar-refractivity contribution is -0.0614. The molecule has 0 bridgehead atoms. The van der Waals surface area contributed by atoms with Crippen LogP contribution in [0.4, 0.5) is 0 Å². The van der Waals surface area contributed by atoms with E-state index < -0.39 is 0 Å². The molecule has 1 heterocycles. The van der Waals surface area contributed by atoms with Crippen LogP contribution >= 0.6 is 0 Å². The lowest BCUT2D eigenvalue weighted by atomic mass is 10.0. The predicted molar refractivity (Wildman–Crippen MR) is 41.2 cm³/mol. The molecule has 0 aromatic carbocycles. The molecule has 0 radical (unpaired) electrons. The second-order valence-electron chi connectivity index (χ2n) is 2.86. The van der Waals surface area contributed by atoms with Crippen LogP contribution in [0.1, 0.15) is 19.8 Å². The molecule has 1 N–H and O–H groups in total. The fourth-order valence-corrected chi connectivity index (χ4v) is 1.19. The van der Waals surface area contributed by atoms with Gasteiger partial charge in [0.25, 0.3) is 0 Å². The molecule has 0 aliphatic carbocycles. The van der Waals surface area contributed by atoms with Gasteiger partial charge in [0.1, 0.15) is 0 Å². The van der Waals surface area contributed by atoms with Crippen LogP contribution in [0.2, 0.25) is 0 Å². The van der Waals surface area contributed by atoms with Crippen LogP contribution in [0.5, 0.6) is 0 Å². The largest absolute Gasteiger partial charge is 0.396 e. The molecule has 0 saturated carbocycles. The van der Waals surface area contributed by atoms with E-state index in [0.29, 0.717) is 19.1 Å². The quantitative estimate of drug-likeness (QED) is 0.660. The number of aliphatic hydroxyl groups is 1. The number of hydrogen-bond acceptors (Lipinski definition) is 3. The highest BCUT2D eigenvalue weighted by Gasteiger charge is 2.19. The van der Waals surface area contributed by atoms with Crippen LogP contribution in [0.3, 0.4) is 0 Å². The zero-order chi connectivity index (χ0) is 8.10. The van der Waals surface area contributed by atoms with E-state index in [-0.39, 0.29) is 12.9 Å². The minimum atomic E-state index is -0.0629. The van der Waals surface area contributed by atoms with Crippen molar-refractivity contribution in [2.45, 2.75) is 26.1 Å². The van der Waals surface area contributed by atoms with Crippen LogP contribution in [-0.4, -0.2) is 31.2 Å². The first-order valence-corrected chi connectivity index (χ1v) is 4.21. The third-order valence-electron chi connectivity index (χ3n) is 2.05. The van der Waals surface area contributed by atoms with Crippen LogP contribution in [0.25, 0.3) is 0 Å². The third kappa shape index (κ3) is 2.77. The summed E-state index contributed by atoms with van der Waals surface area (Å²) < 4.78 is 10.5. The summed E-state index contributed by atoms with van der Waals surface area (Å²) in [7, 11) is 0. The second kappa shape index (κ2) is 4.70. The number of ether oxygens (including phenoxy) is 2. The summed E-state index contributed by atoms with van der Waals surface area (Å²) in [6, 6.07) is 0. The Bertz CT molecular complexity index is 95.5. The fraction of sp³-hybridized carbons (Fsp3) is 1.00. The van der Waals surface area contributed by atoms with E-state index in [1.807, 2.05) is 0 Å². The van der Waals surface area contributed by atoms with Crippen molar-refractivity contribution in [1.29, 1.82) is 0 Å². The zero-order valence-electron chi connectivity index (χ0n) is 6.95. The summed E-state index contributed by atoms with van der Waals surface area (Å²) in [5.41, 5.74) is 0. The van der Waals surface area contributed by atoms with Gasteiger partial charge in [-0.15, -0.1) is 0 Å². The van der Waals surface area contributed by atoms with Gasteiger partial charge in [0.05, 0.1) is 13.2 Å². The van der Waals surface area contributed by atoms with Crippen molar-refractivity contribution in [3.05, 3.63) is 0 Å². The standard InChI is InChI=1S/C8H16O3/c1-2-7(6-9)5-8-10-3-4-11-8/h7-9H,2-6H2,1H3. The number of hydrogen-bond donors (Lipinski definition) is 1. The molecule has 0 aromatic rings. The maximum absolute atomic E-state index is 8.88. The Morgan fingerprint density at radius 1 is 1.45 bits per heavy atom. The summed E-state index contributed by atoms with van der Waals surface area (Å²) >= 11 is 0. The smallest absolute Gasteiger partial charge is 0.158 e. The molecule has 1 unspecified atom stereocenters.